The largest absolute Gasteiger partial charge is 0.396 e. The van der Waals surface area contributed by atoms with Crippen LogP contribution in [0.15, 0.2) is 0 Å². The zero-order chi connectivity index (χ0) is 8.70. The Kier molecular flexibility index (Phi) is 1.95. The number of alkyl halides is 2. The van der Waals surface area contributed by atoms with Crippen molar-refractivity contribution in [1.82, 2.24) is 0 Å². The van der Waals surface area contributed by atoms with Gasteiger partial charge in [0.05, 0.1) is 0 Å². The summed E-state index contributed by atoms with van der Waals surface area (Å²) >= 11 is 0. The molecule has 0 aliphatic heterocycles. The van der Waals surface area contributed by atoms with E-state index in [0.717, 1.165) is 0 Å². The summed E-state index contributed by atoms with van der Waals surface area (Å²) in [6.45, 7) is 3.65. The van der Waals surface area contributed by atoms with Gasteiger partial charge >= 0.3 is 0 Å². The Bertz CT molecular complexity index is 146. The first-order chi connectivity index (χ1) is 4.87. The van der Waals surface area contributed by atoms with Crippen LogP contribution in [0.1, 0.15) is 26.7 Å². The van der Waals surface area contributed by atoms with Crippen molar-refractivity contribution in [1.29, 1.82) is 0 Å². The SMILES string of the molecule is CC(C)(CO)C1CC(F)(F)C1. The van der Waals surface area contributed by atoms with Gasteiger partial charge in [0.25, 0.3) is 0 Å². The molecule has 0 aromatic carbocycles. The topological polar surface area (TPSA) is 20.2 Å². The molecular formula is C8H14F2O. The molecule has 1 rings (SSSR count). The highest BCUT2D eigenvalue weighted by atomic mass is 19.3. The smallest absolute Gasteiger partial charge is 0.248 e. The maximum atomic E-state index is 12.4. The normalized spacial score (nSPS) is 24.8. The van der Waals surface area contributed by atoms with Crippen molar-refractivity contribution >= 4 is 0 Å². The van der Waals surface area contributed by atoms with Crippen molar-refractivity contribution < 1.29 is 13.9 Å². The van der Waals surface area contributed by atoms with E-state index in [1.54, 1.807) is 0 Å². The van der Waals surface area contributed by atoms with Gasteiger partial charge in [-0.15, -0.1) is 0 Å². The summed E-state index contributed by atoms with van der Waals surface area (Å²) in [7, 11) is 0. The Balaban J connectivity index is 2.43. The van der Waals surface area contributed by atoms with E-state index in [2.05, 4.69) is 0 Å². The molecule has 0 aromatic rings. The predicted octanol–water partition coefficient (Wildman–Crippen LogP) is 2.05. The van der Waals surface area contributed by atoms with E-state index in [1.807, 2.05) is 13.8 Å². The van der Waals surface area contributed by atoms with Gasteiger partial charge in [-0.1, -0.05) is 13.8 Å². The quantitative estimate of drug-likeness (QED) is 0.662. The molecule has 0 atom stereocenters. The second-order valence-corrected chi connectivity index (χ2v) is 4.11. The fourth-order valence-corrected chi connectivity index (χ4v) is 1.34. The summed E-state index contributed by atoms with van der Waals surface area (Å²) < 4.78 is 24.7. The molecule has 1 saturated carbocycles. The lowest BCUT2D eigenvalue weighted by Crippen LogP contribution is -2.44. The van der Waals surface area contributed by atoms with Crippen molar-refractivity contribution in [3.05, 3.63) is 0 Å². The van der Waals surface area contributed by atoms with Crippen LogP contribution in [0, 0.1) is 11.3 Å². The maximum Gasteiger partial charge on any atom is 0.248 e. The van der Waals surface area contributed by atoms with Crippen molar-refractivity contribution in [2.45, 2.75) is 32.6 Å². The van der Waals surface area contributed by atoms with Crippen molar-refractivity contribution in [2.75, 3.05) is 6.61 Å². The molecule has 1 nitrogen and oxygen atoms in total. The Morgan fingerprint density at radius 1 is 1.45 bits per heavy atom. The molecule has 0 radical (unpaired) electrons. The molecule has 0 saturated heterocycles. The van der Waals surface area contributed by atoms with Gasteiger partial charge < -0.3 is 5.11 Å². The molecule has 0 heterocycles. The van der Waals surface area contributed by atoms with Gasteiger partial charge in [0.2, 0.25) is 5.92 Å². The van der Waals surface area contributed by atoms with Gasteiger partial charge in [-0.05, 0) is 11.3 Å². The van der Waals surface area contributed by atoms with Crippen LogP contribution in [0.5, 0.6) is 0 Å². The number of hydrogen-bond acceptors (Lipinski definition) is 1. The monoisotopic (exact) mass is 164 g/mol. The van der Waals surface area contributed by atoms with Crippen LogP contribution in [0.2, 0.25) is 0 Å². The van der Waals surface area contributed by atoms with Crippen LogP contribution in [0.3, 0.4) is 0 Å². The lowest BCUT2D eigenvalue weighted by Gasteiger charge is -2.44. The third kappa shape index (κ3) is 1.70. The zero-order valence-electron chi connectivity index (χ0n) is 6.90. The lowest BCUT2D eigenvalue weighted by molar-refractivity contribution is -0.148. The van der Waals surface area contributed by atoms with Gasteiger partial charge in [0.1, 0.15) is 0 Å². The standard InChI is InChI=1S/C8H14F2O/c1-7(2,5-11)6-3-8(9,10)4-6/h6,11H,3-5H2,1-2H3. The van der Waals surface area contributed by atoms with Gasteiger partial charge in [-0.2, -0.15) is 0 Å². The molecule has 0 spiro atoms. The Morgan fingerprint density at radius 2 is 1.91 bits per heavy atom. The predicted molar refractivity (Wildman–Crippen MR) is 38.5 cm³/mol. The molecule has 0 bridgehead atoms. The van der Waals surface area contributed by atoms with Crippen molar-refractivity contribution in [3.63, 3.8) is 0 Å². The van der Waals surface area contributed by atoms with Crippen LogP contribution in [-0.2, 0) is 0 Å². The third-order valence-corrected chi connectivity index (χ3v) is 2.60. The lowest BCUT2D eigenvalue weighted by atomic mass is 9.66. The summed E-state index contributed by atoms with van der Waals surface area (Å²) in [4.78, 5) is 0. The molecule has 11 heavy (non-hydrogen) atoms. The van der Waals surface area contributed by atoms with Crippen LogP contribution in [0.4, 0.5) is 8.78 Å². The van der Waals surface area contributed by atoms with Crippen LogP contribution in [0.25, 0.3) is 0 Å². The van der Waals surface area contributed by atoms with E-state index in [4.69, 9.17) is 5.11 Å². The van der Waals surface area contributed by atoms with Crippen LogP contribution < -0.4 is 0 Å². The molecule has 0 aromatic heterocycles. The van der Waals surface area contributed by atoms with E-state index in [0.29, 0.717) is 0 Å². The van der Waals surface area contributed by atoms with E-state index < -0.39 is 5.92 Å². The Morgan fingerprint density at radius 3 is 2.18 bits per heavy atom. The van der Waals surface area contributed by atoms with Gasteiger partial charge in [-0.3, -0.25) is 0 Å². The molecule has 1 aliphatic rings. The van der Waals surface area contributed by atoms with E-state index in [-0.39, 0.29) is 30.8 Å². The highest BCUT2D eigenvalue weighted by Crippen LogP contribution is 2.50. The fourth-order valence-electron chi connectivity index (χ4n) is 1.34. The zero-order valence-corrected chi connectivity index (χ0v) is 6.90. The Labute approximate surface area is 65.4 Å². The molecule has 1 fully saturated rings. The average Bonchev–Trinajstić information content (AvgIpc) is 1.83. The number of halogens is 2. The Hall–Kier alpha value is -0.180. The number of aliphatic hydroxyl groups is 1. The molecular weight excluding hydrogens is 150 g/mol. The second kappa shape index (κ2) is 2.41. The summed E-state index contributed by atoms with van der Waals surface area (Å²) in [6.07, 6.45) is -0.110. The van der Waals surface area contributed by atoms with Crippen LogP contribution in [-0.4, -0.2) is 17.6 Å². The number of rotatable bonds is 2. The average molecular weight is 164 g/mol. The number of hydrogen-bond donors (Lipinski definition) is 1. The summed E-state index contributed by atoms with van der Waals surface area (Å²) in [5.41, 5.74) is -0.332. The minimum absolute atomic E-state index is 0.00620. The fraction of sp³-hybridized carbons (Fsp3) is 1.00. The highest BCUT2D eigenvalue weighted by molar-refractivity contribution is 4.93. The summed E-state index contributed by atoms with van der Waals surface area (Å²) in [5.74, 6) is -2.47. The molecule has 1 aliphatic carbocycles. The summed E-state index contributed by atoms with van der Waals surface area (Å²) in [6, 6.07) is 0. The number of aliphatic hydroxyl groups excluding tert-OH is 1. The first-order valence-electron chi connectivity index (χ1n) is 3.86. The van der Waals surface area contributed by atoms with E-state index in [9.17, 15) is 8.78 Å². The van der Waals surface area contributed by atoms with Gasteiger partial charge in [0.15, 0.2) is 0 Å². The first-order valence-corrected chi connectivity index (χ1v) is 3.86. The molecule has 1 N–H and O–H groups in total. The van der Waals surface area contributed by atoms with Gasteiger partial charge in [-0.25, -0.2) is 8.78 Å². The minimum atomic E-state index is -2.46. The van der Waals surface area contributed by atoms with Crippen LogP contribution >= 0.6 is 0 Å². The molecule has 3 heteroatoms. The molecule has 0 unspecified atom stereocenters. The van der Waals surface area contributed by atoms with E-state index in [1.165, 1.54) is 0 Å². The highest BCUT2D eigenvalue weighted by Gasteiger charge is 2.50. The summed E-state index contributed by atoms with van der Waals surface area (Å²) in [5, 5.41) is 8.85. The second-order valence-electron chi connectivity index (χ2n) is 4.11. The molecule has 66 valence electrons. The van der Waals surface area contributed by atoms with Crippen molar-refractivity contribution in [2.24, 2.45) is 11.3 Å². The maximum absolute atomic E-state index is 12.4. The third-order valence-electron chi connectivity index (χ3n) is 2.60. The first kappa shape index (κ1) is 8.91. The molecule has 0 amide bonds. The van der Waals surface area contributed by atoms with Crippen molar-refractivity contribution in [3.8, 4) is 0 Å². The van der Waals surface area contributed by atoms with Gasteiger partial charge in [0, 0.05) is 19.4 Å². The van der Waals surface area contributed by atoms with E-state index >= 15 is 0 Å². The minimum Gasteiger partial charge on any atom is -0.396 e.